The van der Waals surface area contributed by atoms with Crippen molar-refractivity contribution in [3.05, 3.63) is 29.8 Å². The van der Waals surface area contributed by atoms with Crippen molar-refractivity contribution in [1.82, 2.24) is 10.6 Å². The van der Waals surface area contributed by atoms with Crippen LogP contribution in [0.2, 0.25) is 0 Å². The Balaban J connectivity index is 1.87. The first-order valence-corrected chi connectivity index (χ1v) is 8.83. The number of hydrogen-bond donors (Lipinski definition) is 3. The lowest BCUT2D eigenvalue weighted by Crippen LogP contribution is -2.46. The fraction of sp³-hybridized carbons (Fsp3) is 0.611. The lowest BCUT2D eigenvalue weighted by atomic mass is 10.0. The molecule has 0 spiro atoms. The Labute approximate surface area is 151 Å². The van der Waals surface area contributed by atoms with Gasteiger partial charge in [-0.15, -0.1) is 0 Å². The number of benzene rings is 1. The van der Waals surface area contributed by atoms with Crippen molar-refractivity contribution in [2.75, 3.05) is 19.7 Å². The van der Waals surface area contributed by atoms with E-state index in [0.717, 1.165) is 31.2 Å². The third-order valence-electron chi connectivity index (χ3n) is 4.21. The monoisotopic (exact) mass is 373 g/mol. The Kier molecular flexibility index (Phi) is 7.14. The zero-order chi connectivity index (χ0) is 19.0. The predicted molar refractivity (Wildman–Crippen MR) is 94.2 cm³/mol. The lowest BCUT2D eigenvalue weighted by Gasteiger charge is -2.23. The third kappa shape index (κ3) is 7.11. The first kappa shape index (κ1) is 20.4. The molecular weight excluding hydrogens is 347 g/mol. The molecule has 1 aromatic carbocycles. The number of nitrogens with zero attached hydrogens (tertiary/aromatic N) is 1. The molecule has 0 radical (unpaired) electrons. The van der Waals surface area contributed by atoms with Crippen LogP contribution < -0.4 is 15.4 Å². The van der Waals surface area contributed by atoms with Crippen LogP contribution in [0.25, 0.3) is 0 Å². The molecular formula is C18H26F3N3O2. The molecule has 0 unspecified atom stereocenters. The van der Waals surface area contributed by atoms with E-state index in [4.69, 9.17) is 0 Å². The van der Waals surface area contributed by atoms with Crippen molar-refractivity contribution in [3.63, 3.8) is 0 Å². The minimum absolute atomic E-state index is 0.170. The molecule has 8 heteroatoms. The zero-order valence-corrected chi connectivity index (χ0v) is 14.9. The van der Waals surface area contributed by atoms with Gasteiger partial charge in [0.2, 0.25) is 0 Å². The van der Waals surface area contributed by atoms with Crippen LogP contribution in [0.15, 0.2) is 29.3 Å². The topological polar surface area (TPSA) is 65.9 Å². The Morgan fingerprint density at radius 2 is 1.85 bits per heavy atom. The van der Waals surface area contributed by atoms with Gasteiger partial charge in [-0.1, -0.05) is 25.0 Å². The maximum absolute atomic E-state index is 12.1. The molecule has 5 nitrogen and oxygen atoms in total. The fourth-order valence-corrected chi connectivity index (χ4v) is 2.83. The highest BCUT2D eigenvalue weighted by atomic mass is 19.4. The summed E-state index contributed by atoms with van der Waals surface area (Å²) in [4.78, 5) is 4.45. The minimum Gasteiger partial charge on any atom is -0.484 e. The average Bonchev–Trinajstić information content (AvgIpc) is 3.03. The van der Waals surface area contributed by atoms with Crippen LogP contribution in [0.1, 0.15) is 38.2 Å². The van der Waals surface area contributed by atoms with E-state index in [2.05, 4.69) is 20.4 Å². The van der Waals surface area contributed by atoms with Crippen molar-refractivity contribution >= 4 is 5.96 Å². The van der Waals surface area contributed by atoms with Gasteiger partial charge >= 0.3 is 6.18 Å². The Bertz CT molecular complexity index is 582. The van der Waals surface area contributed by atoms with Crippen molar-refractivity contribution in [3.8, 4) is 5.75 Å². The van der Waals surface area contributed by atoms with Gasteiger partial charge in [0.25, 0.3) is 0 Å². The van der Waals surface area contributed by atoms with Crippen LogP contribution in [0.3, 0.4) is 0 Å². The Morgan fingerprint density at radius 3 is 2.42 bits per heavy atom. The Morgan fingerprint density at radius 1 is 1.19 bits per heavy atom. The SMILES string of the molecule is CCNC(=NCc1ccc(OCC(F)(F)F)cc1)NCC1(O)CCCC1. The molecule has 1 fully saturated rings. The van der Waals surface area contributed by atoms with Crippen LogP contribution in [0, 0.1) is 0 Å². The van der Waals surface area contributed by atoms with E-state index >= 15 is 0 Å². The molecule has 146 valence electrons. The van der Waals surface area contributed by atoms with Crippen LogP contribution >= 0.6 is 0 Å². The van der Waals surface area contributed by atoms with E-state index < -0.39 is 18.4 Å². The van der Waals surface area contributed by atoms with Crippen molar-refractivity contribution < 1.29 is 23.0 Å². The second kappa shape index (κ2) is 9.12. The van der Waals surface area contributed by atoms with E-state index in [0.29, 0.717) is 25.6 Å². The molecule has 0 heterocycles. The van der Waals surface area contributed by atoms with Crippen molar-refractivity contribution in [1.29, 1.82) is 0 Å². The molecule has 1 saturated carbocycles. The number of halogens is 3. The van der Waals surface area contributed by atoms with Crippen molar-refractivity contribution in [2.24, 2.45) is 4.99 Å². The van der Waals surface area contributed by atoms with Gasteiger partial charge in [-0.25, -0.2) is 4.99 Å². The molecule has 26 heavy (non-hydrogen) atoms. The second-order valence-electron chi connectivity index (χ2n) is 6.53. The summed E-state index contributed by atoms with van der Waals surface area (Å²) in [7, 11) is 0. The number of hydrogen-bond acceptors (Lipinski definition) is 3. The number of ether oxygens (including phenoxy) is 1. The third-order valence-corrected chi connectivity index (χ3v) is 4.21. The molecule has 1 aliphatic carbocycles. The van der Waals surface area contributed by atoms with E-state index in [1.54, 1.807) is 12.1 Å². The summed E-state index contributed by atoms with van der Waals surface area (Å²) in [5.41, 5.74) is 0.175. The Hall–Kier alpha value is -1.96. The molecule has 1 aromatic rings. The standard InChI is InChI=1S/C18H26F3N3O2/c1-2-22-16(24-12-17(25)9-3-4-10-17)23-11-14-5-7-15(8-6-14)26-13-18(19,20)21/h5-8,25H,2-4,9-13H2,1H3,(H2,22,23,24). The van der Waals surface area contributed by atoms with Crippen molar-refractivity contribution in [2.45, 2.75) is 50.9 Å². The predicted octanol–water partition coefficient (Wildman–Crippen LogP) is 2.99. The summed E-state index contributed by atoms with van der Waals surface area (Å²) in [6, 6.07) is 6.36. The summed E-state index contributed by atoms with van der Waals surface area (Å²) in [5, 5.41) is 16.7. The second-order valence-corrected chi connectivity index (χ2v) is 6.53. The maximum Gasteiger partial charge on any atom is 0.422 e. The molecule has 0 saturated heterocycles. The molecule has 0 aliphatic heterocycles. The van der Waals surface area contributed by atoms with Crippen LogP contribution in [0.5, 0.6) is 5.75 Å². The van der Waals surface area contributed by atoms with Gasteiger partial charge in [-0.05, 0) is 37.5 Å². The minimum atomic E-state index is -4.35. The molecule has 1 aliphatic rings. The smallest absolute Gasteiger partial charge is 0.422 e. The highest BCUT2D eigenvalue weighted by Crippen LogP contribution is 2.28. The van der Waals surface area contributed by atoms with E-state index in [-0.39, 0.29) is 5.75 Å². The molecule has 0 aromatic heterocycles. The molecule has 0 amide bonds. The summed E-state index contributed by atoms with van der Waals surface area (Å²) >= 11 is 0. The van der Waals surface area contributed by atoms with Gasteiger partial charge in [0.15, 0.2) is 12.6 Å². The highest BCUT2D eigenvalue weighted by molar-refractivity contribution is 5.79. The number of rotatable bonds is 7. The van der Waals surface area contributed by atoms with Crippen LogP contribution in [-0.4, -0.2) is 42.5 Å². The van der Waals surface area contributed by atoms with E-state index in [1.165, 1.54) is 12.1 Å². The lowest BCUT2D eigenvalue weighted by molar-refractivity contribution is -0.153. The van der Waals surface area contributed by atoms with Gasteiger partial charge in [0.1, 0.15) is 5.75 Å². The van der Waals surface area contributed by atoms with Gasteiger partial charge in [-0.3, -0.25) is 0 Å². The van der Waals surface area contributed by atoms with Crippen LogP contribution in [-0.2, 0) is 6.54 Å². The average molecular weight is 373 g/mol. The van der Waals surface area contributed by atoms with Gasteiger partial charge < -0.3 is 20.5 Å². The van der Waals surface area contributed by atoms with E-state index in [1.807, 2.05) is 6.92 Å². The number of alkyl halides is 3. The van der Waals surface area contributed by atoms with Gasteiger partial charge in [0.05, 0.1) is 12.1 Å². The molecule has 3 N–H and O–H groups in total. The molecule has 0 bridgehead atoms. The fourth-order valence-electron chi connectivity index (χ4n) is 2.83. The van der Waals surface area contributed by atoms with Crippen LogP contribution in [0.4, 0.5) is 13.2 Å². The summed E-state index contributed by atoms with van der Waals surface area (Å²) in [6.07, 6.45) is -0.695. The van der Waals surface area contributed by atoms with Gasteiger partial charge in [-0.2, -0.15) is 13.2 Å². The summed E-state index contributed by atoms with van der Waals surface area (Å²) < 4.78 is 41.1. The number of nitrogens with one attached hydrogen (secondary N) is 2. The number of aliphatic hydroxyl groups is 1. The summed E-state index contributed by atoms with van der Waals surface area (Å²) in [5.74, 6) is 0.772. The largest absolute Gasteiger partial charge is 0.484 e. The number of guanidine groups is 1. The molecule has 0 atom stereocenters. The quantitative estimate of drug-likeness (QED) is 0.508. The maximum atomic E-state index is 12.1. The number of aliphatic imine (C=N–C) groups is 1. The first-order valence-electron chi connectivity index (χ1n) is 8.83. The van der Waals surface area contributed by atoms with E-state index in [9.17, 15) is 18.3 Å². The first-order chi connectivity index (χ1) is 12.3. The van der Waals surface area contributed by atoms with Gasteiger partial charge in [0, 0.05) is 13.1 Å². The summed E-state index contributed by atoms with van der Waals surface area (Å²) in [6.45, 7) is 2.15. The highest BCUT2D eigenvalue weighted by Gasteiger charge is 2.31. The zero-order valence-electron chi connectivity index (χ0n) is 14.9. The molecule has 2 rings (SSSR count). The normalized spacial score (nSPS) is 17.2.